The van der Waals surface area contributed by atoms with Gasteiger partial charge in [-0.05, 0) is 77.9 Å². The summed E-state index contributed by atoms with van der Waals surface area (Å²) in [5.74, 6) is 1.25. The Labute approximate surface area is 237 Å². The standard InChI is InChI=1S/C14H18N2O4.C13H18N2O3.2CH4/c1-14(2,3)20-13(18)16-6-7-19-12-5-4-10(15-9-17)8-11(12)16;1-13(2,3)18-12(16)15-6-7-17-11-5-4-9(14)8-10(11)15;;/h4-5,8-9H,6-7H2,1-3H3,(H,15,17);4-5,8H,6-7,14H2,1-3H3;2*1H4. The van der Waals surface area contributed by atoms with Gasteiger partial charge in [-0.2, -0.15) is 0 Å². The topological polar surface area (TPSA) is 133 Å². The minimum absolute atomic E-state index is 0. The Morgan fingerprint density at radius 2 is 1.27 bits per heavy atom. The number of nitrogens with zero attached hydrogens (tertiary/aromatic N) is 2. The lowest BCUT2D eigenvalue weighted by atomic mass is 10.2. The van der Waals surface area contributed by atoms with Crippen LogP contribution in [0.15, 0.2) is 36.4 Å². The van der Waals surface area contributed by atoms with Crippen molar-refractivity contribution in [2.24, 2.45) is 0 Å². The molecule has 0 spiro atoms. The number of amides is 3. The largest absolute Gasteiger partial charge is 0.490 e. The number of rotatable bonds is 2. The molecule has 3 N–H and O–H groups in total. The number of nitrogens with one attached hydrogen (secondary N) is 1. The number of ether oxygens (including phenoxy) is 4. The zero-order valence-electron chi connectivity index (χ0n) is 22.7. The van der Waals surface area contributed by atoms with E-state index in [0.717, 1.165) is 0 Å². The summed E-state index contributed by atoms with van der Waals surface area (Å²) in [6, 6.07) is 10.4. The molecule has 11 heteroatoms. The van der Waals surface area contributed by atoms with Crippen LogP contribution in [0.2, 0.25) is 0 Å². The van der Waals surface area contributed by atoms with Gasteiger partial charge in [0.25, 0.3) is 0 Å². The lowest BCUT2D eigenvalue weighted by Gasteiger charge is -2.31. The molecule has 2 heterocycles. The number of nitrogens with two attached hydrogens (primary N) is 1. The molecule has 4 rings (SSSR count). The molecule has 11 nitrogen and oxygen atoms in total. The minimum Gasteiger partial charge on any atom is -0.490 e. The van der Waals surface area contributed by atoms with E-state index in [1.54, 1.807) is 41.3 Å². The maximum absolute atomic E-state index is 12.2. The quantitative estimate of drug-likeness (QED) is 0.334. The summed E-state index contributed by atoms with van der Waals surface area (Å²) in [5, 5.41) is 2.55. The number of hydrogen-bond acceptors (Lipinski definition) is 8. The van der Waals surface area contributed by atoms with Crippen LogP contribution >= 0.6 is 0 Å². The molecule has 0 fully saturated rings. The number of hydrogen-bond donors (Lipinski definition) is 2. The van der Waals surface area contributed by atoms with Crippen molar-refractivity contribution in [1.29, 1.82) is 0 Å². The maximum Gasteiger partial charge on any atom is 0.415 e. The minimum atomic E-state index is -0.561. The van der Waals surface area contributed by atoms with Gasteiger partial charge in [-0.3, -0.25) is 14.6 Å². The summed E-state index contributed by atoms with van der Waals surface area (Å²) in [5.41, 5.74) is 7.10. The first kappa shape index (κ1) is 33.9. The van der Waals surface area contributed by atoms with Crippen molar-refractivity contribution in [2.75, 3.05) is 47.2 Å². The first-order valence-electron chi connectivity index (χ1n) is 12.3. The summed E-state index contributed by atoms with van der Waals surface area (Å²) >= 11 is 0. The highest BCUT2D eigenvalue weighted by atomic mass is 16.6. The summed E-state index contributed by atoms with van der Waals surface area (Å²) in [7, 11) is 0. The molecule has 0 saturated carbocycles. The summed E-state index contributed by atoms with van der Waals surface area (Å²) in [6.45, 7) is 12.7. The fourth-order valence-electron chi connectivity index (χ4n) is 3.62. The third-order valence-corrected chi connectivity index (χ3v) is 5.12. The predicted octanol–water partition coefficient (Wildman–Crippen LogP) is 6.06. The van der Waals surface area contributed by atoms with E-state index in [0.29, 0.717) is 67.0 Å². The zero-order valence-corrected chi connectivity index (χ0v) is 22.7. The van der Waals surface area contributed by atoms with Gasteiger partial charge in [-0.15, -0.1) is 0 Å². The predicted molar refractivity (Wildman–Crippen MR) is 159 cm³/mol. The second-order valence-electron chi connectivity index (χ2n) is 10.6. The smallest absolute Gasteiger partial charge is 0.415 e. The van der Waals surface area contributed by atoms with E-state index in [1.165, 1.54) is 4.90 Å². The van der Waals surface area contributed by atoms with Crippen molar-refractivity contribution in [1.82, 2.24) is 0 Å². The molecule has 2 aromatic rings. The maximum atomic E-state index is 12.2. The molecular weight excluding hydrogens is 516 g/mol. The van der Waals surface area contributed by atoms with Crippen LogP contribution in [0.5, 0.6) is 11.5 Å². The summed E-state index contributed by atoms with van der Waals surface area (Å²) in [6.07, 6.45) is -0.216. The third-order valence-electron chi connectivity index (χ3n) is 5.12. The Hall–Kier alpha value is -4.15. The Morgan fingerprint density at radius 3 is 1.73 bits per heavy atom. The second-order valence-corrected chi connectivity index (χ2v) is 10.6. The molecule has 0 aliphatic carbocycles. The highest BCUT2D eigenvalue weighted by molar-refractivity contribution is 5.92. The third kappa shape index (κ3) is 9.25. The van der Waals surface area contributed by atoms with Gasteiger partial charge >= 0.3 is 12.2 Å². The zero-order chi connectivity index (χ0) is 28.1. The van der Waals surface area contributed by atoms with Crippen LogP contribution in [0.25, 0.3) is 0 Å². The first-order valence-corrected chi connectivity index (χ1v) is 12.3. The van der Waals surface area contributed by atoms with Crippen molar-refractivity contribution < 1.29 is 33.3 Å². The average molecular weight is 561 g/mol. The van der Waals surface area contributed by atoms with Gasteiger partial charge in [-0.25, -0.2) is 9.59 Å². The number of benzene rings is 2. The Kier molecular flexibility index (Phi) is 11.7. The lowest BCUT2D eigenvalue weighted by Crippen LogP contribution is -2.41. The highest BCUT2D eigenvalue weighted by Crippen LogP contribution is 2.35. The van der Waals surface area contributed by atoms with Crippen LogP contribution < -0.4 is 30.3 Å². The SMILES string of the molecule is C.C.CC(C)(C)OC(=O)N1CCOc2ccc(N)cc21.CC(C)(C)OC(=O)N1CCOc2ccc(NC=O)cc21. The molecule has 2 aromatic carbocycles. The van der Waals surface area contributed by atoms with Crippen molar-refractivity contribution in [3.63, 3.8) is 0 Å². The highest BCUT2D eigenvalue weighted by Gasteiger charge is 2.29. The lowest BCUT2D eigenvalue weighted by molar-refractivity contribution is -0.105. The molecule has 2 aliphatic heterocycles. The van der Waals surface area contributed by atoms with Crippen molar-refractivity contribution in [3.05, 3.63) is 36.4 Å². The Morgan fingerprint density at radius 1 is 0.825 bits per heavy atom. The van der Waals surface area contributed by atoms with E-state index < -0.39 is 17.3 Å². The van der Waals surface area contributed by atoms with Crippen molar-refractivity contribution >= 4 is 41.3 Å². The molecule has 0 bridgehead atoms. The van der Waals surface area contributed by atoms with Crippen molar-refractivity contribution in [2.45, 2.75) is 67.6 Å². The van der Waals surface area contributed by atoms with E-state index in [-0.39, 0.29) is 20.9 Å². The normalized spacial score (nSPS) is 13.7. The van der Waals surface area contributed by atoms with Crippen LogP contribution in [0.3, 0.4) is 0 Å². The van der Waals surface area contributed by atoms with Crippen LogP contribution in [0.1, 0.15) is 56.4 Å². The van der Waals surface area contributed by atoms with E-state index in [4.69, 9.17) is 24.7 Å². The van der Waals surface area contributed by atoms with Crippen LogP contribution in [-0.4, -0.2) is 56.1 Å². The number of fused-ring (bicyclic) bond motifs is 2. The van der Waals surface area contributed by atoms with E-state index in [2.05, 4.69) is 5.32 Å². The van der Waals surface area contributed by atoms with Gasteiger partial charge in [0.2, 0.25) is 6.41 Å². The fraction of sp³-hybridized carbons (Fsp3) is 0.483. The molecule has 0 saturated heterocycles. The van der Waals surface area contributed by atoms with Gasteiger partial charge < -0.3 is 30.0 Å². The number of nitrogen functional groups attached to an aromatic ring is 1. The molecule has 0 radical (unpaired) electrons. The number of carbonyl (C=O) groups excluding carboxylic acids is 3. The molecule has 0 aromatic heterocycles. The molecule has 0 atom stereocenters. The van der Waals surface area contributed by atoms with Crippen LogP contribution in [0.4, 0.5) is 32.3 Å². The molecule has 0 unspecified atom stereocenters. The molecule has 2 aliphatic rings. The van der Waals surface area contributed by atoms with Gasteiger partial charge in [0.05, 0.1) is 24.5 Å². The van der Waals surface area contributed by atoms with Crippen LogP contribution in [0, 0.1) is 0 Å². The second kappa shape index (κ2) is 13.8. The van der Waals surface area contributed by atoms with E-state index >= 15 is 0 Å². The van der Waals surface area contributed by atoms with Gasteiger partial charge in [0.15, 0.2) is 0 Å². The molecule has 222 valence electrons. The summed E-state index contributed by atoms with van der Waals surface area (Å²) < 4.78 is 21.7. The molecule has 3 amide bonds. The average Bonchev–Trinajstić information content (AvgIpc) is 2.81. The Bertz CT molecular complexity index is 1170. The van der Waals surface area contributed by atoms with Gasteiger partial charge in [0, 0.05) is 11.4 Å². The van der Waals surface area contributed by atoms with E-state index in [1.807, 2.05) is 41.5 Å². The fourth-order valence-corrected chi connectivity index (χ4v) is 3.62. The first-order chi connectivity index (χ1) is 17.8. The van der Waals surface area contributed by atoms with Gasteiger partial charge in [-0.1, -0.05) is 14.9 Å². The molecule has 40 heavy (non-hydrogen) atoms. The Balaban J connectivity index is 0.000000383. The number of anilines is 4. The van der Waals surface area contributed by atoms with Gasteiger partial charge in [0.1, 0.15) is 35.9 Å². The van der Waals surface area contributed by atoms with E-state index in [9.17, 15) is 14.4 Å². The van der Waals surface area contributed by atoms with Crippen molar-refractivity contribution in [3.8, 4) is 11.5 Å². The summed E-state index contributed by atoms with van der Waals surface area (Å²) in [4.78, 5) is 37.9. The number of carbonyl (C=O) groups is 3. The monoisotopic (exact) mass is 560 g/mol. The van der Waals surface area contributed by atoms with Crippen LogP contribution in [-0.2, 0) is 14.3 Å². The molecular formula is C29H44N4O7.